The predicted octanol–water partition coefficient (Wildman–Crippen LogP) is 2.58. The van der Waals surface area contributed by atoms with Crippen LogP contribution in [0.1, 0.15) is 27.1 Å². The lowest BCUT2D eigenvalue weighted by Crippen LogP contribution is -2.29. The van der Waals surface area contributed by atoms with Gasteiger partial charge in [-0.15, -0.1) is 0 Å². The van der Waals surface area contributed by atoms with E-state index in [9.17, 15) is 14.7 Å². The fourth-order valence-electron chi connectivity index (χ4n) is 4.29. The number of aromatic carboxylic acids is 1. The predicted molar refractivity (Wildman–Crippen MR) is 146 cm³/mol. The lowest BCUT2D eigenvalue weighted by Gasteiger charge is -2.19. The summed E-state index contributed by atoms with van der Waals surface area (Å²) in [4.78, 5) is 27.2. The van der Waals surface area contributed by atoms with Gasteiger partial charge in [0.15, 0.2) is 0 Å². The zero-order valence-electron chi connectivity index (χ0n) is 21.5. The second-order valence-corrected chi connectivity index (χ2v) is 9.26. The highest BCUT2D eigenvalue weighted by atomic mass is 16.4. The van der Waals surface area contributed by atoms with Crippen LogP contribution in [0.15, 0.2) is 59.0 Å². The van der Waals surface area contributed by atoms with Crippen molar-refractivity contribution in [1.82, 2.24) is 15.3 Å². The van der Waals surface area contributed by atoms with Crippen LogP contribution >= 0.6 is 0 Å². The summed E-state index contributed by atoms with van der Waals surface area (Å²) in [7, 11) is 7.78. The first-order chi connectivity index (χ1) is 17.7. The van der Waals surface area contributed by atoms with Crippen molar-refractivity contribution < 1.29 is 19.1 Å². The van der Waals surface area contributed by atoms with Crippen molar-refractivity contribution in [1.29, 1.82) is 0 Å². The number of hydrogen-bond donors (Lipinski definition) is 4. The van der Waals surface area contributed by atoms with E-state index < -0.39 is 5.97 Å². The molecule has 192 valence electrons. The van der Waals surface area contributed by atoms with E-state index in [0.29, 0.717) is 47.5 Å². The Hall–Kier alpha value is -4.21. The van der Waals surface area contributed by atoms with Crippen LogP contribution < -0.4 is 31.4 Å². The summed E-state index contributed by atoms with van der Waals surface area (Å²) < 4.78 is 8.32. The van der Waals surface area contributed by atoms with Crippen LogP contribution in [-0.4, -0.2) is 58.3 Å². The number of anilines is 1. The standard InChI is InChI=1S/C28H31N5O4/c1-32(2)18-7-10-21-24(15-18)37-25-16-19(33(3)4)8-11-22(25)26(21)23-14-17(6-9-20(23)28(35)36)27(34)30-12-5-13-31-29/h6-11,14-16,31H,5,12-13,29H2,1-4H3,(H-,30,34,35,36)/p+1. The Morgan fingerprint density at radius 3 is 2.46 bits per heavy atom. The van der Waals surface area contributed by atoms with Gasteiger partial charge in [-0.05, 0) is 48.4 Å². The Labute approximate surface area is 215 Å². The zero-order chi connectivity index (χ0) is 26.7. The Kier molecular flexibility index (Phi) is 7.56. The highest BCUT2D eigenvalue weighted by Crippen LogP contribution is 2.42. The fourth-order valence-corrected chi connectivity index (χ4v) is 4.29. The normalized spacial score (nSPS) is 11.1. The molecule has 2 aliphatic rings. The molecular weight excluding hydrogens is 470 g/mol. The number of carbonyl (C=O) groups excluding carboxylic acids is 1. The Morgan fingerprint density at radius 1 is 1.00 bits per heavy atom. The van der Waals surface area contributed by atoms with Crippen molar-refractivity contribution in [3.05, 3.63) is 71.1 Å². The van der Waals surface area contributed by atoms with Gasteiger partial charge in [0.2, 0.25) is 5.36 Å². The summed E-state index contributed by atoms with van der Waals surface area (Å²) >= 11 is 0. The molecule has 0 bridgehead atoms. The number of hydrazine groups is 1. The number of carboxylic acid groups (broad SMARTS) is 1. The number of rotatable bonds is 8. The number of fused-ring (bicyclic) bond motifs is 2. The second-order valence-electron chi connectivity index (χ2n) is 9.26. The van der Waals surface area contributed by atoms with Gasteiger partial charge in [0.1, 0.15) is 25.4 Å². The molecule has 2 aromatic carbocycles. The van der Waals surface area contributed by atoms with Crippen molar-refractivity contribution in [2.75, 3.05) is 46.2 Å². The summed E-state index contributed by atoms with van der Waals surface area (Å²) in [5.41, 5.74) is 6.50. The Bertz CT molecular complexity index is 1520. The molecule has 0 aromatic heterocycles. The molecule has 0 saturated heterocycles. The highest BCUT2D eigenvalue weighted by molar-refractivity contribution is 6.09. The highest BCUT2D eigenvalue weighted by Gasteiger charge is 2.23. The molecule has 1 heterocycles. The molecule has 0 spiro atoms. The van der Waals surface area contributed by atoms with Gasteiger partial charge >= 0.3 is 5.97 Å². The van der Waals surface area contributed by atoms with Gasteiger partial charge in [-0.2, -0.15) is 0 Å². The van der Waals surface area contributed by atoms with Crippen LogP contribution in [0, 0.1) is 0 Å². The minimum Gasteiger partial charge on any atom is -0.478 e. The van der Waals surface area contributed by atoms with Gasteiger partial charge in [-0.1, -0.05) is 0 Å². The third kappa shape index (κ3) is 5.32. The molecule has 9 nitrogen and oxygen atoms in total. The molecule has 0 saturated carbocycles. The largest absolute Gasteiger partial charge is 0.478 e. The first-order valence-electron chi connectivity index (χ1n) is 12.0. The van der Waals surface area contributed by atoms with Crippen molar-refractivity contribution in [2.45, 2.75) is 6.42 Å². The topological polar surface area (TPSA) is 124 Å². The minimum absolute atomic E-state index is 0.103. The Balaban J connectivity index is 2.00. The molecular formula is C28H32N5O4+. The number of nitrogens with two attached hydrogens (primary N) is 1. The van der Waals surface area contributed by atoms with E-state index in [-0.39, 0.29) is 11.5 Å². The summed E-state index contributed by atoms with van der Waals surface area (Å²) in [6, 6.07) is 16.3. The van der Waals surface area contributed by atoms with Gasteiger partial charge < -0.3 is 19.7 Å². The molecule has 1 aliphatic carbocycles. The van der Waals surface area contributed by atoms with E-state index in [2.05, 4.69) is 10.7 Å². The quantitative estimate of drug-likeness (QED) is 0.0960. The fraction of sp³-hybridized carbons (Fsp3) is 0.250. The maximum atomic E-state index is 12.9. The lowest BCUT2D eigenvalue weighted by atomic mass is 9.89. The molecule has 1 aliphatic heterocycles. The molecule has 0 radical (unpaired) electrons. The van der Waals surface area contributed by atoms with Gasteiger partial charge in [0, 0.05) is 67.1 Å². The number of carboxylic acids is 1. The van der Waals surface area contributed by atoms with E-state index in [4.69, 9.17) is 10.3 Å². The number of carbonyl (C=O) groups is 2. The van der Waals surface area contributed by atoms with Gasteiger partial charge in [0.05, 0.1) is 11.6 Å². The van der Waals surface area contributed by atoms with E-state index in [1.165, 1.54) is 12.1 Å². The van der Waals surface area contributed by atoms with Crippen LogP contribution in [0.4, 0.5) is 5.69 Å². The first kappa shape index (κ1) is 25.9. The summed E-state index contributed by atoms with van der Waals surface area (Å²) in [5.74, 6) is 4.55. The third-order valence-electron chi connectivity index (χ3n) is 6.29. The second kappa shape index (κ2) is 10.8. The average molecular weight is 503 g/mol. The van der Waals surface area contributed by atoms with Crippen molar-refractivity contribution >= 4 is 28.5 Å². The molecule has 4 rings (SSSR count). The SMILES string of the molecule is CN(C)c1ccc2c(-c3cc(C(=O)NCCCNN)ccc3C(=O)O)c3ccc(=[N+](C)C)cc-3oc2c1. The zero-order valence-corrected chi connectivity index (χ0v) is 21.5. The smallest absolute Gasteiger partial charge is 0.336 e. The minimum atomic E-state index is -1.08. The molecule has 2 aromatic rings. The molecule has 0 atom stereocenters. The van der Waals surface area contributed by atoms with E-state index in [0.717, 1.165) is 22.0 Å². The number of nitrogens with one attached hydrogen (secondary N) is 2. The van der Waals surface area contributed by atoms with Crippen LogP contribution in [0.3, 0.4) is 0 Å². The molecule has 0 fully saturated rings. The lowest BCUT2D eigenvalue weighted by molar-refractivity contribution is 0.0697. The van der Waals surface area contributed by atoms with Crippen LogP contribution in [0.5, 0.6) is 0 Å². The summed E-state index contributed by atoms with van der Waals surface area (Å²) in [6.45, 7) is 1.01. The third-order valence-corrected chi connectivity index (χ3v) is 6.29. The summed E-state index contributed by atoms with van der Waals surface area (Å²) in [6.07, 6.45) is 0.667. The van der Waals surface area contributed by atoms with Crippen LogP contribution in [0.2, 0.25) is 0 Å². The average Bonchev–Trinajstić information content (AvgIpc) is 2.88. The van der Waals surface area contributed by atoms with E-state index in [1.807, 2.05) is 74.1 Å². The molecule has 37 heavy (non-hydrogen) atoms. The molecule has 1 amide bonds. The van der Waals surface area contributed by atoms with Gasteiger partial charge in [-0.25, -0.2) is 9.37 Å². The number of benzene rings is 3. The molecule has 0 unspecified atom stereocenters. The number of nitrogens with zero attached hydrogens (tertiary/aromatic N) is 2. The molecule has 9 heteroatoms. The van der Waals surface area contributed by atoms with Crippen molar-refractivity contribution in [3.8, 4) is 22.5 Å². The number of hydrogen-bond acceptors (Lipinski definition) is 6. The van der Waals surface area contributed by atoms with Gasteiger partial charge in [-0.3, -0.25) is 16.1 Å². The maximum absolute atomic E-state index is 12.9. The van der Waals surface area contributed by atoms with Crippen molar-refractivity contribution in [2.24, 2.45) is 5.84 Å². The maximum Gasteiger partial charge on any atom is 0.336 e. The first-order valence-corrected chi connectivity index (χ1v) is 12.0. The van der Waals surface area contributed by atoms with Crippen LogP contribution in [-0.2, 0) is 0 Å². The van der Waals surface area contributed by atoms with E-state index >= 15 is 0 Å². The van der Waals surface area contributed by atoms with Gasteiger partial charge in [0.25, 0.3) is 5.91 Å². The Morgan fingerprint density at radius 2 is 1.78 bits per heavy atom. The number of amides is 1. The van der Waals surface area contributed by atoms with Crippen molar-refractivity contribution in [3.63, 3.8) is 0 Å². The van der Waals surface area contributed by atoms with E-state index in [1.54, 1.807) is 6.07 Å². The monoisotopic (exact) mass is 502 g/mol. The summed E-state index contributed by atoms with van der Waals surface area (Å²) in [5, 5.41) is 14.6. The molecule has 5 N–H and O–H groups in total. The van der Waals surface area contributed by atoms with Crippen LogP contribution in [0.25, 0.3) is 33.4 Å².